The lowest BCUT2D eigenvalue weighted by Crippen LogP contribution is -2.50. The number of ether oxygens (including phenoxy) is 1. The fraction of sp³-hybridized carbons (Fsp3) is 0.462. The molecule has 1 aliphatic rings. The molecule has 1 aromatic carbocycles. The molecule has 0 aromatic heterocycles. The molecule has 1 aromatic rings. The number of hydrogen-bond acceptors (Lipinski definition) is 2. The minimum atomic E-state index is -0.255. The van der Waals surface area contributed by atoms with E-state index in [1.54, 1.807) is 0 Å². The molecule has 4 heteroatoms. The van der Waals surface area contributed by atoms with Crippen molar-refractivity contribution >= 4 is 21.8 Å². The van der Waals surface area contributed by atoms with Crippen LogP contribution in [0.4, 0.5) is 0 Å². The summed E-state index contributed by atoms with van der Waals surface area (Å²) >= 11 is 3.41. The molecule has 17 heavy (non-hydrogen) atoms. The van der Waals surface area contributed by atoms with Gasteiger partial charge in [-0.25, -0.2) is 0 Å². The van der Waals surface area contributed by atoms with Crippen molar-refractivity contribution in [3.63, 3.8) is 0 Å². The zero-order chi connectivity index (χ0) is 12.5. The van der Waals surface area contributed by atoms with Gasteiger partial charge in [0.1, 0.15) is 0 Å². The maximum absolute atomic E-state index is 12.3. The minimum Gasteiger partial charge on any atom is -0.372 e. The van der Waals surface area contributed by atoms with Crippen molar-refractivity contribution in [3.8, 4) is 0 Å². The van der Waals surface area contributed by atoms with Crippen LogP contribution in [0.3, 0.4) is 0 Å². The first-order valence-corrected chi connectivity index (χ1v) is 6.47. The summed E-state index contributed by atoms with van der Waals surface area (Å²) in [5, 5.41) is 0. The second kappa shape index (κ2) is 4.78. The molecule has 1 fully saturated rings. The number of carbonyl (C=O) groups is 1. The number of nitrogens with zero attached hydrogens (tertiary/aromatic N) is 1. The van der Waals surface area contributed by atoms with Gasteiger partial charge < -0.3 is 9.64 Å². The van der Waals surface area contributed by atoms with Crippen LogP contribution in [0.15, 0.2) is 28.7 Å². The van der Waals surface area contributed by atoms with Crippen LogP contribution in [-0.4, -0.2) is 36.1 Å². The smallest absolute Gasteiger partial charge is 0.255 e. The van der Waals surface area contributed by atoms with Crippen LogP contribution < -0.4 is 0 Å². The van der Waals surface area contributed by atoms with Gasteiger partial charge in [0.05, 0.1) is 17.8 Å². The molecule has 1 saturated heterocycles. The van der Waals surface area contributed by atoms with E-state index in [-0.39, 0.29) is 11.5 Å². The van der Waals surface area contributed by atoms with Gasteiger partial charge in [0.25, 0.3) is 5.91 Å². The Morgan fingerprint density at radius 1 is 1.41 bits per heavy atom. The van der Waals surface area contributed by atoms with Gasteiger partial charge in [0.2, 0.25) is 0 Å². The Kier molecular flexibility index (Phi) is 3.54. The Bertz CT molecular complexity index is 431. The molecule has 1 amide bonds. The number of morpholine rings is 1. The molecule has 1 aliphatic heterocycles. The Labute approximate surface area is 110 Å². The summed E-state index contributed by atoms with van der Waals surface area (Å²) < 4.78 is 6.45. The van der Waals surface area contributed by atoms with Gasteiger partial charge >= 0.3 is 0 Å². The quantitative estimate of drug-likeness (QED) is 0.798. The molecule has 0 spiro atoms. The third kappa shape index (κ3) is 2.87. The van der Waals surface area contributed by atoms with E-state index < -0.39 is 0 Å². The molecular weight excluding hydrogens is 282 g/mol. The van der Waals surface area contributed by atoms with E-state index in [0.717, 1.165) is 4.47 Å². The van der Waals surface area contributed by atoms with Crippen LogP contribution in [0.25, 0.3) is 0 Å². The third-order valence-corrected chi connectivity index (χ3v) is 3.51. The number of hydrogen-bond donors (Lipinski definition) is 0. The average Bonchev–Trinajstić information content (AvgIpc) is 2.27. The van der Waals surface area contributed by atoms with Crippen LogP contribution in [0.2, 0.25) is 0 Å². The maximum Gasteiger partial charge on any atom is 0.255 e. The lowest BCUT2D eigenvalue weighted by Gasteiger charge is -2.38. The molecule has 0 unspecified atom stereocenters. The van der Waals surface area contributed by atoms with E-state index in [1.807, 2.05) is 43.0 Å². The molecule has 0 radical (unpaired) electrons. The van der Waals surface area contributed by atoms with Crippen molar-refractivity contribution in [2.45, 2.75) is 19.4 Å². The highest BCUT2D eigenvalue weighted by Crippen LogP contribution is 2.22. The standard InChI is InChI=1S/C13H16BrNO2/c1-13(2)9-15(7-8-17-13)12(16)10-5-3-4-6-11(10)14/h3-6H,7-9H2,1-2H3. The average molecular weight is 298 g/mol. The van der Waals surface area contributed by atoms with Crippen LogP contribution in [0, 0.1) is 0 Å². The highest BCUT2D eigenvalue weighted by Gasteiger charge is 2.30. The van der Waals surface area contributed by atoms with Gasteiger partial charge in [-0.3, -0.25) is 4.79 Å². The minimum absolute atomic E-state index is 0.0638. The predicted octanol–water partition coefficient (Wildman–Crippen LogP) is 2.70. The molecule has 1 heterocycles. The van der Waals surface area contributed by atoms with Gasteiger partial charge in [0.15, 0.2) is 0 Å². The highest BCUT2D eigenvalue weighted by atomic mass is 79.9. The fourth-order valence-electron chi connectivity index (χ4n) is 1.99. The summed E-state index contributed by atoms with van der Waals surface area (Å²) in [4.78, 5) is 14.2. The van der Waals surface area contributed by atoms with Crippen molar-refractivity contribution in [1.29, 1.82) is 0 Å². The molecular formula is C13H16BrNO2. The van der Waals surface area contributed by atoms with Crippen molar-refractivity contribution in [2.75, 3.05) is 19.7 Å². The van der Waals surface area contributed by atoms with Crippen LogP contribution in [0.1, 0.15) is 24.2 Å². The van der Waals surface area contributed by atoms with E-state index in [2.05, 4.69) is 15.9 Å². The summed E-state index contributed by atoms with van der Waals surface area (Å²) in [5.41, 5.74) is 0.458. The van der Waals surface area contributed by atoms with E-state index >= 15 is 0 Å². The predicted molar refractivity (Wildman–Crippen MR) is 70.1 cm³/mol. The third-order valence-electron chi connectivity index (χ3n) is 2.82. The Hall–Kier alpha value is -0.870. The van der Waals surface area contributed by atoms with Crippen molar-refractivity contribution in [1.82, 2.24) is 4.90 Å². The van der Waals surface area contributed by atoms with E-state index in [4.69, 9.17) is 4.74 Å². The number of carbonyl (C=O) groups excluding carboxylic acids is 1. The first-order chi connectivity index (χ1) is 7.99. The molecule has 3 nitrogen and oxygen atoms in total. The van der Waals surface area contributed by atoms with Gasteiger partial charge in [-0.2, -0.15) is 0 Å². The van der Waals surface area contributed by atoms with Gasteiger partial charge in [-0.1, -0.05) is 12.1 Å². The first kappa shape index (κ1) is 12.6. The van der Waals surface area contributed by atoms with E-state index in [1.165, 1.54) is 0 Å². The van der Waals surface area contributed by atoms with Gasteiger partial charge in [-0.15, -0.1) is 0 Å². The zero-order valence-electron chi connectivity index (χ0n) is 10.1. The SMILES string of the molecule is CC1(C)CN(C(=O)c2ccccc2Br)CCO1. The number of rotatable bonds is 1. The Balaban J connectivity index is 2.18. The largest absolute Gasteiger partial charge is 0.372 e. The summed E-state index contributed by atoms with van der Waals surface area (Å²) in [6, 6.07) is 7.52. The summed E-state index contributed by atoms with van der Waals surface area (Å²) in [7, 11) is 0. The molecule has 0 N–H and O–H groups in total. The Morgan fingerprint density at radius 3 is 2.76 bits per heavy atom. The second-order valence-corrected chi connectivity index (χ2v) is 5.67. The van der Waals surface area contributed by atoms with Gasteiger partial charge in [0, 0.05) is 17.6 Å². The summed E-state index contributed by atoms with van der Waals surface area (Å²) in [6.45, 7) is 5.90. The number of amides is 1. The molecule has 0 bridgehead atoms. The van der Waals surface area contributed by atoms with Crippen molar-refractivity contribution < 1.29 is 9.53 Å². The monoisotopic (exact) mass is 297 g/mol. The summed E-state index contributed by atoms with van der Waals surface area (Å²) in [5.74, 6) is 0.0638. The van der Waals surface area contributed by atoms with Crippen molar-refractivity contribution in [3.05, 3.63) is 34.3 Å². The van der Waals surface area contributed by atoms with Crippen LogP contribution in [-0.2, 0) is 4.74 Å². The number of benzene rings is 1. The zero-order valence-corrected chi connectivity index (χ0v) is 11.7. The molecule has 2 rings (SSSR count). The molecule has 0 atom stereocenters. The molecule has 0 saturated carbocycles. The summed E-state index contributed by atoms with van der Waals surface area (Å²) in [6.07, 6.45) is 0. The normalized spacial score (nSPS) is 19.1. The van der Waals surface area contributed by atoms with Crippen molar-refractivity contribution in [2.24, 2.45) is 0 Å². The second-order valence-electron chi connectivity index (χ2n) is 4.81. The topological polar surface area (TPSA) is 29.5 Å². The first-order valence-electron chi connectivity index (χ1n) is 5.67. The Morgan fingerprint density at radius 2 is 2.12 bits per heavy atom. The lowest BCUT2D eigenvalue weighted by molar-refractivity contribution is -0.0764. The van der Waals surface area contributed by atoms with E-state index in [9.17, 15) is 4.79 Å². The number of halogens is 1. The van der Waals surface area contributed by atoms with E-state index in [0.29, 0.717) is 25.3 Å². The lowest BCUT2D eigenvalue weighted by atomic mass is 10.1. The molecule has 92 valence electrons. The van der Waals surface area contributed by atoms with Gasteiger partial charge in [-0.05, 0) is 41.9 Å². The molecule has 0 aliphatic carbocycles. The highest BCUT2D eigenvalue weighted by molar-refractivity contribution is 9.10. The van der Waals surface area contributed by atoms with Crippen LogP contribution in [0.5, 0.6) is 0 Å². The van der Waals surface area contributed by atoms with Crippen LogP contribution >= 0.6 is 15.9 Å². The maximum atomic E-state index is 12.3. The fourth-order valence-corrected chi connectivity index (χ4v) is 2.45.